The van der Waals surface area contributed by atoms with E-state index in [0.717, 1.165) is 0 Å². The molecule has 5 heteroatoms. The summed E-state index contributed by atoms with van der Waals surface area (Å²) in [4.78, 5) is 33.4. The number of hydrogen-bond donors (Lipinski definition) is 1. The lowest BCUT2D eigenvalue weighted by Gasteiger charge is -2.19. The van der Waals surface area contributed by atoms with Crippen LogP contribution in [0.15, 0.2) is 0 Å². The van der Waals surface area contributed by atoms with Crippen LogP contribution in [-0.4, -0.2) is 42.6 Å². The number of nitrogens with one attached hydrogen (secondary N) is 1. The van der Waals surface area contributed by atoms with Crippen molar-refractivity contribution in [1.29, 1.82) is 0 Å². The number of carbonyl (C=O) groups excluding carboxylic acids is 3. The molecule has 0 aliphatic rings. The van der Waals surface area contributed by atoms with Gasteiger partial charge in [-0.15, -0.1) is 0 Å². The lowest BCUT2D eigenvalue weighted by Crippen LogP contribution is -2.38. The highest BCUT2D eigenvalue weighted by atomic mass is 16.2. The van der Waals surface area contributed by atoms with Gasteiger partial charge in [-0.3, -0.25) is 9.59 Å². The molecule has 80 valence electrons. The molecule has 0 heterocycles. The van der Waals surface area contributed by atoms with Crippen LogP contribution >= 0.6 is 0 Å². The van der Waals surface area contributed by atoms with Crippen molar-refractivity contribution in [2.75, 3.05) is 19.6 Å². The Kier molecular flexibility index (Phi) is 6.36. The molecule has 0 aromatic heterocycles. The van der Waals surface area contributed by atoms with Crippen molar-refractivity contribution in [3.8, 4) is 0 Å². The second-order valence-electron chi connectivity index (χ2n) is 2.84. The van der Waals surface area contributed by atoms with Gasteiger partial charge in [0.1, 0.15) is 6.29 Å². The van der Waals surface area contributed by atoms with Gasteiger partial charge in [0, 0.05) is 26.4 Å². The van der Waals surface area contributed by atoms with Crippen LogP contribution in [0.2, 0.25) is 0 Å². The van der Waals surface area contributed by atoms with Gasteiger partial charge < -0.3 is 15.0 Å². The van der Waals surface area contributed by atoms with E-state index >= 15 is 0 Å². The van der Waals surface area contributed by atoms with E-state index in [1.54, 1.807) is 6.92 Å². The number of rotatable bonds is 6. The second kappa shape index (κ2) is 7.06. The SMILES string of the molecule is CCC(=O)N(CC=O)CCNC(C)=O. The van der Waals surface area contributed by atoms with Crippen LogP contribution in [0.1, 0.15) is 20.3 Å². The summed E-state index contributed by atoms with van der Waals surface area (Å²) in [5, 5.41) is 2.56. The largest absolute Gasteiger partial charge is 0.355 e. The fraction of sp³-hybridized carbons (Fsp3) is 0.667. The smallest absolute Gasteiger partial charge is 0.222 e. The minimum absolute atomic E-state index is 0.0811. The topological polar surface area (TPSA) is 66.5 Å². The van der Waals surface area contributed by atoms with E-state index < -0.39 is 0 Å². The summed E-state index contributed by atoms with van der Waals surface area (Å²) < 4.78 is 0. The summed E-state index contributed by atoms with van der Waals surface area (Å²) in [5.41, 5.74) is 0. The Bertz CT molecular complexity index is 216. The fourth-order valence-corrected chi connectivity index (χ4v) is 0.998. The fourth-order valence-electron chi connectivity index (χ4n) is 0.998. The van der Waals surface area contributed by atoms with Crippen molar-refractivity contribution in [1.82, 2.24) is 10.2 Å². The maximum absolute atomic E-state index is 11.2. The van der Waals surface area contributed by atoms with Crippen LogP contribution in [0.25, 0.3) is 0 Å². The molecule has 0 fully saturated rings. The first-order valence-corrected chi connectivity index (χ1v) is 4.57. The molecule has 14 heavy (non-hydrogen) atoms. The van der Waals surface area contributed by atoms with E-state index in [1.165, 1.54) is 11.8 Å². The molecule has 0 radical (unpaired) electrons. The molecule has 0 saturated carbocycles. The first kappa shape index (κ1) is 12.6. The van der Waals surface area contributed by atoms with Gasteiger partial charge in [0.25, 0.3) is 0 Å². The molecular formula is C9H16N2O3. The van der Waals surface area contributed by atoms with Crippen molar-refractivity contribution < 1.29 is 14.4 Å². The highest BCUT2D eigenvalue weighted by molar-refractivity contribution is 5.78. The van der Waals surface area contributed by atoms with Gasteiger partial charge in [-0.1, -0.05) is 6.92 Å². The molecular weight excluding hydrogens is 184 g/mol. The molecule has 0 aromatic rings. The molecule has 0 atom stereocenters. The molecule has 0 rings (SSSR count). The standard InChI is InChI=1S/C9H16N2O3/c1-3-9(14)11(6-7-12)5-4-10-8(2)13/h7H,3-6H2,1-2H3,(H,10,13). The Morgan fingerprint density at radius 2 is 2.07 bits per heavy atom. The Balaban J connectivity index is 3.90. The second-order valence-corrected chi connectivity index (χ2v) is 2.84. The Morgan fingerprint density at radius 3 is 2.50 bits per heavy atom. The van der Waals surface area contributed by atoms with Crippen LogP contribution < -0.4 is 5.32 Å². The number of nitrogens with zero attached hydrogens (tertiary/aromatic N) is 1. The quantitative estimate of drug-likeness (QED) is 0.591. The Morgan fingerprint density at radius 1 is 1.43 bits per heavy atom. The molecule has 0 aliphatic carbocycles. The predicted octanol–water partition coefficient (Wildman–Crippen LogP) is -0.440. The highest BCUT2D eigenvalue weighted by Crippen LogP contribution is 1.91. The first-order valence-electron chi connectivity index (χ1n) is 4.57. The lowest BCUT2D eigenvalue weighted by molar-refractivity contribution is -0.133. The molecule has 0 saturated heterocycles. The van der Waals surface area contributed by atoms with E-state index in [-0.39, 0.29) is 18.4 Å². The third-order valence-electron chi connectivity index (χ3n) is 1.71. The lowest BCUT2D eigenvalue weighted by atomic mass is 10.3. The molecule has 2 amide bonds. The zero-order valence-electron chi connectivity index (χ0n) is 8.58. The molecule has 0 aromatic carbocycles. The van der Waals surface area contributed by atoms with E-state index in [0.29, 0.717) is 25.8 Å². The van der Waals surface area contributed by atoms with Crippen molar-refractivity contribution in [2.24, 2.45) is 0 Å². The summed E-state index contributed by atoms with van der Waals surface area (Å²) in [6, 6.07) is 0. The summed E-state index contributed by atoms with van der Waals surface area (Å²) >= 11 is 0. The van der Waals surface area contributed by atoms with Crippen LogP contribution in [0.3, 0.4) is 0 Å². The van der Waals surface area contributed by atoms with Gasteiger partial charge in [-0.2, -0.15) is 0 Å². The third-order valence-corrected chi connectivity index (χ3v) is 1.71. The maximum Gasteiger partial charge on any atom is 0.222 e. The highest BCUT2D eigenvalue weighted by Gasteiger charge is 2.09. The van der Waals surface area contributed by atoms with Gasteiger partial charge in [0.15, 0.2) is 0 Å². The van der Waals surface area contributed by atoms with Crippen molar-refractivity contribution in [3.63, 3.8) is 0 Å². The van der Waals surface area contributed by atoms with E-state index in [1.807, 2.05) is 0 Å². The number of amides is 2. The van der Waals surface area contributed by atoms with Gasteiger partial charge in [-0.25, -0.2) is 0 Å². The van der Waals surface area contributed by atoms with E-state index in [9.17, 15) is 14.4 Å². The van der Waals surface area contributed by atoms with E-state index in [4.69, 9.17) is 0 Å². The van der Waals surface area contributed by atoms with Crippen LogP contribution in [0.4, 0.5) is 0 Å². The molecule has 0 aliphatic heterocycles. The first-order chi connectivity index (χ1) is 6.61. The van der Waals surface area contributed by atoms with Crippen LogP contribution in [0, 0.1) is 0 Å². The minimum Gasteiger partial charge on any atom is -0.355 e. The minimum atomic E-state index is -0.139. The van der Waals surface area contributed by atoms with Crippen LogP contribution in [-0.2, 0) is 14.4 Å². The van der Waals surface area contributed by atoms with Gasteiger partial charge >= 0.3 is 0 Å². The van der Waals surface area contributed by atoms with E-state index in [2.05, 4.69) is 5.32 Å². The van der Waals surface area contributed by atoms with Gasteiger partial charge in [-0.05, 0) is 0 Å². The summed E-state index contributed by atoms with van der Waals surface area (Å²) in [7, 11) is 0. The molecule has 0 bridgehead atoms. The monoisotopic (exact) mass is 200 g/mol. The normalized spacial score (nSPS) is 9.29. The number of carbonyl (C=O) groups is 3. The molecule has 0 spiro atoms. The number of aldehydes is 1. The van der Waals surface area contributed by atoms with Crippen molar-refractivity contribution in [2.45, 2.75) is 20.3 Å². The average Bonchev–Trinajstić information content (AvgIpc) is 2.15. The Hall–Kier alpha value is -1.39. The Labute approximate surface area is 83.5 Å². The zero-order chi connectivity index (χ0) is 11.0. The third kappa shape index (κ3) is 5.29. The average molecular weight is 200 g/mol. The summed E-state index contributed by atoms with van der Waals surface area (Å²) in [5.74, 6) is -0.220. The summed E-state index contributed by atoms with van der Waals surface area (Å²) in [6.45, 7) is 4.00. The van der Waals surface area contributed by atoms with Crippen LogP contribution in [0.5, 0.6) is 0 Å². The molecule has 1 N–H and O–H groups in total. The zero-order valence-corrected chi connectivity index (χ0v) is 8.58. The van der Waals surface area contributed by atoms with Crippen molar-refractivity contribution in [3.05, 3.63) is 0 Å². The molecule has 5 nitrogen and oxygen atoms in total. The van der Waals surface area contributed by atoms with Gasteiger partial charge in [0.2, 0.25) is 11.8 Å². The maximum atomic E-state index is 11.2. The van der Waals surface area contributed by atoms with Gasteiger partial charge in [0.05, 0.1) is 6.54 Å². The number of hydrogen-bond acceptors (Lipinski definition) is 3. The predicted molar refractivity (Wildman–Crippen MR) is 51.6 cm³/mol. The van der Waals surface area contributed by atoms with Crippen molar-refractivity contribution >= 4 is 18.1 Å². The molecule has 0 unspecified atom stereocenters. The summed E-state index contributed by atoms with van der Waals surface area (Å²) in [6.07, 6.45) is 1.05.